The number of carbonyl (C=O) groups is 1. The van der Waals surface area contributed by atoms with E-state index in [9.17, 15) is 4.79 Å². The van der Waals surface area contributed by atoms with E-state index >= 15 is 0 Å². The van der Waals surface area contributed by atoms with Crippen LogP contribution in [0.15, 0.2) is 30.5 Å². The van der Waals surface area contributed by atoms with Gasteiger partial charge in [-0.3, -0.25) is 4.79 Å². The maximum atomic E-state index is 12.1. The van der Waals surface area contributed by atoms with E-state index in [4.69, 9.17) is 0 Å². The molecule has 1 aromatic carbocycles. The third-order valence-corrected chi connectivity index (χ3v) is 4.05. The number of hydrogen-bond acceptors (Lipinski definition) is 1. The maximum absolute atomic E-state index is 12.1. The predicted octanol–water partition coefficient (Wildman–Crippen LogP) is 2.73. The number of nitrogens with zero attached hydrogens (tertiary/aromatic N) is 2. The molecule has 2 heterocycles. The number of hydrogen-bond donors (Lipinski definition) is 0. The van der Waals surface area contributed by atoms with Crippen LogP contribution in [-0.4, -0.2) is 28.5 Å². The van der Waals surface area contributed by atoms with Crippen molar-refractivity contribution in [2.45, 2.75) is 25.7 Å². The zero-order valence-corrected chi connectivity index (χ0v) is 11.4. The Kier molecular flexibility index (Phi) is 3.28. The second-order valence-electron chi connectivity index (χ2n) is 5.37. The Balaban J connectivity index is 1.73. The van der Waals surface area contributed by atoms with Gasteiger partial charge in [-0.05, 0) is 30.9 Å². The van der Waals surface area contributed by atoms with Gasteiger partial charge < -0.3 is 9.47 Å². The second-order valence-corrected chi connectivity index (χ2v) is 5.37. The molecule has 1 aliphatic heterocycles. The normalized spacial score (nSPS) is 15.3. The molecule has 0 radical (unpaired) electrons. The Labute approximate surface area is 113 Å². The lowest BCUT2D eigenvalue weighted by Crippen LogP contribution is -2.27. The summed E-state index contributed by atoms with van der Waals surface area (Å²) in [6, 6.07) is 8.39. The number of fused-ring (bicyclic) bond motifs is 1. The number of carbonyl (C=O) groups excluding carboxylic acids is 1. The van der Waals surface area contributed by atoms with Crippen LogP contribution in [0.5, 0.6) is 0 Å². The van der Waals surface area contributed by atoms with Crippen LogP contribution in [0, 0.1) is 0 Å². The molecular weight excluding hydrogens is 236 g/mol. The molecule has 19 heavy (non-hydrogen) atoms. The van der Waals surface area contributed by atoms with Gasteiger partial charge in [0.1, 0.15) is 0 Å². The first kappa shape index (κ1) is 12.3. The Morgan fingerprint density at radius 1 is 1.21 bits per heavy atom. The minimum Gasteiger partial charge on any atom is -0.350 e. The van der Waals surface area contributed by atoms with E-state index in [1.165, 1.54) is 29.3 Å². The standard InChI is InChI=1S/C16H20N2O/c1-17-12-13(14-6-2-3-7-15(14)17)8-9-16(19)18-10-4-5-11-18/h2-3,6-7,12H,4-5,8-11H2,1H3. The third kappa shape index (κ3) is 2.37. The number of benzene rings is 1. The minimum atomic E-state index is 0.311. The van der Waals surface area contributed by atoms with E-state index in [0.717, 1.165) is 19.5 Å². The average molecular weight is 256 g/mol. The van der Waals surface area contributed by atoms with E-state index in [1.807, 2.05) is 4.90 Å². The van der Waals surface area contributed by atoms with Gasteiger partial charge in [-0.25, -0.2) is 0 Å². The number of rotatable bonds is 3. The summed E-state index contributed by atoms with van der Waals surface area (Å²) < 4.78 is 2.14. The van der Waals surface area contributed by atoms with E-state index in [-0.39, 0.29) is 0 Å². The van der Waals surface area contributed by atoms with E-state index in [2.05, 4.69) is 42.1 Å². The molecule has 0 spiro atoms. The molecule has 0 saturated carbocycles. The Morgan fingerprint density at radius 3 is 2.74 bits per heavy atom. The summed E-state index contributed by atoms with van der Waals surface area (Å²) in [7, 11) is 2.06. The lowest BCUT2D eigenvalue weighted by molar-refractivity contribution is -0.130. The smallest absolute Gasteiger partial charge is 0.222 e. The van der Waals surface area contributed by atoms with Crippen molar-refractivity contribution in [3.8, 4) is 0 Å². The Morgan fingerprint density at radius 2 is 1.95 bits per heavy atom. The first-order chi connectivity index (χ1) is 9.25. The van der Waals surface area contributed by atoms with Crippen LogP contribution in [-0.2, 0) is 18.3 Å². The van der Waals surface area contributed by atoms with Gasteiger partial charge in [-0.1, -0.05) is 18.2 Å². The second kappa shape index (κ2) is 5.08. The highest BCUT2D eigenvalue weighted by Crippen LogP contribution is 2.22. The van der Waals surface area contributed by atoms with Crippen molar-refractivity contribution in [1.29, 1.82) is 0 Å². The number of aromatic nitrogens is 1. The predicted molar refractivity (Wildman–Crippen MR) is 77.1 cm³/mol. The van der Waals surface area contributed by atoms with Crippen LogP contribution < -0.4 is 0 Å². The summed E-state index contributed by atoms with van der Waals surface area (Å²) in [4.78, 5) is 14.1. The van der Waals surface area contributed by atoms with Gasteiger partial charge in [0.25, 0.3) is 0 Å². The average Bonchev–Trinajstić information content (AvgIpc) is 3.06. The summed E-state index contributed by atoms with van der Waals surface area (Å²) in [5.74, 6) is 0.311. The molecule has 1 amide bonds. The van der Waals surface area contributed by atoms with Gasteiger partial charge in [0, 0.05) is 43.7 Å². The Hall–Kier alpha value is -1.77. The SMILES string of the molecule is Cn1cc(CCC(=O)N2CCCC2)c2ccccc21. The van der Waals surface area contributed by atoms with Gasteiger partial charge in [-0.15, -0.1) is 0 Å². The zero-order chi connectivity index (χ0) is 13.2. The fourth-order valence-corrected chi connectivity index (χ4v) is 2.99. The lowest BCUT2D eigenvalue weighted by Gasteiger charge is -2.14. The molecule has 0 unspecified atom stereocenters. The minimum absolute atomic E-state index is 0.311. The first-order valence-corrected chi connectivity index (χ1v) is 7.06. The van der Waals surface area contributed by atoms with Gasteiger partial charge in [0.2, 0.25) is 5.91 Å². The van der Waals surface area contributed by atoms with Gasteiger partial charge in [-0.2, -0.15) is 0 Å². The van der Waals surface area contributed by atoms with E-state index < -0.39 is 0 Å². The molecule has 1 saturated heterocycles. The third-order valence-electron chi connectivity index (χ3n) is 4.05. The van der Waals surface area contributed by atoms with Crippen molar-refractivity contribution in [2.24, 2.45) is 7.05 Å². The van der Waals surface area contributed by atoms with Gasteiger partial charge in [0.05, 0.1) is 0 Å². The molecule has 2 aromatic rings. The van der Waals surface area contributed by atoms with Crippen molar-refractivity contribution in [2.75, 3.05) is 13.1 Å². The Bertz CT molecular complexity index is 594. The molecule has 0 atom stereocenters. The van der Waals surface area contributed by atoms with Crippen molar-refractivity contribution in [1.82, 2.24) is 9.47 Å². The molecule has 3 nitrogen and oxygen atoms in total. The number of para-hydroxylation sites is 1. The fourth-order valence-electron chi connectivity index (χ4n) is 2.99. The monoisotopic (exact) mass is 256 g/mol. The molecule has 0 N–H and O–H groups in total. The largest absolute Gasteiger partial charge is 0.350 e. The van der Waals surface area contributed by atoms with Crippen molar-refractivity contribution >= 4 is 16.8 Å². The van der Waals surface area contributed by atoms with Crippen LogP contribution in [0.1, 0.15) is 24.8 Å². The van der Waals surface area contributed by atoms with Crippen LogP contribution >= 0.6 is 0 Å². The van der Waals surface area contributed by atoms with Crippen LogP contribution in [0.25, 0.3) is 10.9 Å². The number of likely N-dealkylation sites (tertiary alicyclic amines) is 1. The molecule has 1 fully saturated rings. The highest BCUT2D eigenvalue weighted by atomic mass is 16.2. The van der Waals surface area contributed by atoms with Crippen molar-refractivity contribution in [3.63, 3.8) is 0 Å². The molecular formula is C16H20N2O. The molecule has 100 valence electrons. The molecule has 1 aliphatic rings. The van der Waals surface area contributed by atoms with Crippen molar-refractivity contribution in [3.05, 3.63) is 36.0 Å². The highest BCUT2D eigenvalue weighted by molar-refractivity contribution is 5.85. The van der Waals surface area contributed by atoms with Gasteiger partial charge in [0.15, 0.2) is 0 Å². The molecule has 0 aliphatic carbocycles. The summed E-state index contributed by atoms with van der Waals surface area (Å²) >= 11 is 0. The van der Waals surface area contributed by atoms with E-state index in [1.54, 1.807) is 0 Å². The summed E-state index contributed by atoms with van der Waals surface area (Å²) in [6.07, 6.45) is 5.96. The highest BCUT2D eigenvalue weighted by Gasteiger charge is 2.18. The summed E-state index contributed by atoms with van der Waals surface area (Å²) in [6.45, 7) is 1.91. The molecule has 0 bridgehead atoms. The lowest BCUT2D eigenvalue weighted by atomic mass is 10.1. The maximum Gasteiger partial charge on any atom is 0.222 e. The topological polar surface area (TPSA) is 25.2 Å². The fraction of sp³-hybridized carbons (Fsp3) is 0.438. The van der Waals surface area contributed by atoms with Crippen LogP contribution in [0.3, 0.4) is 0 Å². The van der Waals surface area contributed by atoms with Crippen LogP contribution in [0.2, 0.25) is 0 Å². The van der Waals surface area contributed by atoms with E-state index in [0.29, 0.717) is 12.3 Å². The summed E-state index contributed by atoms with van der Waals surface area (Å²) in [5, 5.41) is 1.28. The molecule has 3 rings (SSSR count). The summed E-state index contributed by atoms with van der Waals surface area (Å²) in [5.41, 5.74) is 2.52. The van der Waals surface area contributed by atoms with Gasteiger partial charge >= 0.3 is 0 Å². The first-order valence-electron chi connectivity index (χ1n) is 7.06. The zero-order valence-electron chi connectivity index (χ0n) is 11.4. The molecule has 3 heteroatoms. The quantitative estimate of drug-likeness (QED) is 0.829. The molecule has 1 aromatic heterocycles. The number of aryl methyl sites for hydroxylation is 2. The van der Waals surface area contributed by atoms with Crippen molar-refractivity contribution < 1.29 is 4.79 Å². The number of amides is 1. The van der Waals surface area contributed by atoms with Crippen LogP contribution in [0.4, 0.5) is 0 Å².